The number of nitrogens with one attached hydrogen (secondary N) is 2. The highest BCUT2D eigenvalue weighted by Gasteiger charge is 2.11. The summed E-state index contributed by atoms with van der Waals surface area (Å²) in [5.74, 6) is 0.236. The van der Waals surface area contributed by atoms with E-state index in [9.17, 15) is 4.79 Å². The van der Waals surface area contributed by atoms with Gasteiger partial charge >= 0.3 is 0 Å². The molecule has 1 heterocycles. The summed E-state index contributed by atoms with van der Waals surface area (Å²) < 4.78 is 0. The van der Waals surface area contributed by atoms with Crippen LogP contribution in [0.4, 0.5) is 17.3 Å². The minimum absolute atomic E-state index is 0.220. The van der Waals surface area contributed by atoms with Gasteiger partial charge in [-0.3, -0.25) is 4.79 Å². The van der Waals surface area contributed by atoms with Gasteiger partial charge in [-0.15, -0.1) is 0 Å². The predicted molar refractivity (Wildman–Crippen MR) is 110 cm³/mol. The zero-order chi connectivity index (χ0) is 19.6. The van der Waals surface area contributed by atoms with Gasteiger partial charge in [0.05, 0.1) is 5.56 Å². The lowest BCUT2D eigenvalue weighted by molar-refractivity contribution is 0.102. The molecule has 1 aromatic heterocycles. The summed E-state index contributed by atoms with van der Waals surface area (Å²) in [6.45, 7) is 10.1. The molecule has 138 valence electrons. The van der Waals surface area contributed by atoms with E-state index in [0.717, 1.165) is 22.5 Å². The Balaban J connectivity index is 1.73. The van der Waals surface area contributed by atoms with E-state index in [1.54, 1.807) is 0 Å². The number of anilines is 3. The molecule has 27 heavy (non-hydrogen) atoms. The number of amides is 1. The minimum atomic E-state index is -0.220. The fourth-order valence-corrected chi connectivity index (χ4v) is 3.02. The third-order valence-electron chi connectivity index (χ3n) is 4.59. The van der Waals surface area contributed by atoms with Crippen LogP contribution in [0.15, 0.2) is 42.7 Å². The first-order valence-corrected chi connectivity index (χ1v) is 8.89. The summed E-state index contributed by atoms with van der Waals surface area (Å²) in [5, 5.41) is 6.12. The Kier molecular flexibility index (Phi) is 5.21. The number of hydrogen-bond acceptors (Lipinski definition) is 4. The Morgan fingerprint density at radius 1 is 0.815 bits per heavy atom. The van der Waals surface area contributed by atoms with Crippen LogP contribution < -0.4 is 10.6 Å². The number of carbonyl (C=O) groups is 1. The fraction of sp³-hybridized carbons (Fsp3) is 0.227. The lowest BCUT2D eigenvalue weighted by Gasteiger charge is -2.13. The molecule has 0 saturated carbocycles. The molecule has 0 atom stereocenters. The summed E-state index contributed by atoms with van der Waals surface area (Å²) in [6.07, 6.45) is 3.06. The van der Waals surface area contributed by atoms with E-state index in [1.807, 2.05) is 39.0 Å². The van der Waals surface area contributed by atoms with Crippen LogP contribution in [0.1, 0.15) is 38.2 Å². The average Bonchev–Trinajstić information content (AvgIpc) is 2.61. The molecule has 3 rings (SSSR count). The van der Waals surface area contributed by atoms with Gasteiger partial charge in [0.2, 0.25) is 5.95 Å². The van der Waals surface area contributed by atoms with E-state index in [4.69, 9.17) is 0 Å². The van der Waals surface area contributed by atoms with Gasteiger partial charge in [-0.25, -0.2) is 9.97 Å². The molecule has 0 radical (unpaired) electrons. The lowest BCUT2D eigenvalue weighted by atomic mass is 10.0. The highest BCUT2D eigenvalue weighted by Crippen LogP contribution is 2.23. The van der Waals surface area contributed by atoms with Gasteiger partial charge in [0, 0.05) is 23.8 Å². The maximum absolute atomic E-state index is 12.5. The van der Waals surface area contributed by atoms with Crippen molar-refractivity contribution in [1.82, 2.24) is 9.97 Å². The number of aromatic nitrogens is 2. The topological polar surface area (TPSA) is 66.9 Å². The molecule has 0 bridgehead atoms. The molecule has 0 aliphatic rings. The third kappa shape index (κ3) is 4.31. The minimum Gasteiger partial charge on any atom is -0.324 e. The van der Waals surface area contributed by atoms with Gasteiger partial charge in [-0.1, -0.05) is 23.8 Å². The van der Waals surface area contributed by atoms with Crippen molar-refractivity contribution in [3.05, 3.63) is 76.1 Å². The molecule has 2 aromatic carbocycles. The molecule has 0 unspecified atom stereocenters. The molecule has 2 N–H and O–H groups in total. The van der Waals surface area contributed by atoms with Crippen LogP contribution in [0.3, 0.4) is 0 Å². The van der Waals surface area contributed by atoms with Gasteiger partial charge in [0.25, 0.3) is 5.91 Å². The molecule has 0 aliphatic heterocycles. The van der Waals surface area contributed by atoms with E-state index < -0.39 is 0 Å². The average molecular weight is 360 g/mol. The second-order valence-electron chi connectivity index (χ2n) is 6.95. The second-order valence-corrected chi connectivity index (χ2v) is 6.95. The van der Waals surface area contributed by atoms with Crippen LogP contribution >= 0.6 is 0 Å². The Bertz CT molecular complexity index is 971. The van der Waals surface area contributed by atoms with Crippen molar-refractivity contribution in [3.63, 3.8) is 0 Å². The Morgan fingerprint density at radius 3 is 2.04 bits per heavy atom. The van der Waals surface area contributed by atoms with E-state index in [0.29, 0.717) is 11.5 Å². The summed E-state index contributed by atoms with van der Waals surface area (Å²) in [6, 6.07) is 10.2. The van der Waals surface area contributed by atoms with Crippen LogP contribution in [0.5, 0.6) is 0 Å². The zero-order valence-corrected chi connectivity index (χ0v) is 16.3. The van der Waals surface area contributed by atoms with Crippen molar-refractivity contribution in [3.8, 4) is 0 Å². The fourth-order valence-electron chi connectivity index (χ4n) is 3.02. The number of nitrogens with zero attached hydrogens (tertiary/aromatic N) is 2. The Labute approximate surface area is 159 Å². The molecule has 0 spiro atoms. The molecular formula is C22H24N4O. The highest BCUT2D eigenvalue weighted by atomic mass is 16.1. The van der Waals surface area contributed by atoms with Gasteiger partial charge in [0.1, 0.15) is 0 Å². The number of benzene rings is 2. The van der Waals surface area contributed by atoms with Gasteiger partial charge in [-0.2, -0.15) is 0 Å². The number of carbonyl (C=O) groups excluding carboxylic acids is 1. The summed E-state index contributed by atoms with van der Waals surface area (Å²) in [5.41, 5.74) is 7.84. The molecular weight excluding hydrogens is 336 g/mol. The van der Waals surface area contributed by atoms with Crippen LogP contribution in [0.25, 0.3) is 0 Å². The maximum atomic E-state index is 12.5. The quantitative estimate of drug-likeness (QED) is 0.686. The SMILES string of the molecule is Cc1cc(C)c(NC(=O)c2cnc(Nc3ccc(C)c(C)c3)nc2)c(C)c1. The van der Waals surface area contributed by atoms with Gasteiger partial charge in [-0.05, 0) is 69.0 Å². The summed E-state index contributed by atoms with van der Waals surface area (Å²) in [7, 11) is 0. The lowest BCUT2D eigenvalue weighted by Crippen LogP contribution is -2.15. The van der Waals surface area contributed by atoms with Crippen molar-refractivity contribution in [2.45, 2.75) is 34.6 Å². The van der Waals surface area contributed by atoms with Gasteiger partial charge < -0.3 is 10.6 Å². The van der Waals surface area contributed by atoms with Crippen LogP contribution in [-0.2, 0) is 0 Å². The van der Waals surface area contributed by atoms with E-state index in [2.05, 4.69) is 46.6 Å². The first kappa shape index (κ1) is 18.6. The highest BCUT2D eigenvalue weighted by molar-refractivity contribution is 6.04. The van der Waals surface area contributed by atoms with Crippen molar-refractivity contribution < 1.29 is 4.79 Å². The predicted octanol–water partition coefficient (Wildman–Crippen LogP) is 5.01. The molecule has 5 heteroatoms. The molecule has 5 nitrogen and oxygen atoms in total. The number of aryl methyl sites for hydroxylation is 5. The summed E-state index contributed by atoms with van der Waals surface area (Å²) in [4.78, 5) is 21.1. The number of rotatable bonds is 4. The van der Waals surface area contributed by atoms with Crippen LogP contribution in [0, 0.1) is 34.6 Å². The maximum Gasteiger partial charge on any atom is 0.258 e. The first-order valence-electron chi connectivity index (χ1n) is 8.89. The Hall–Kier alpha value is -3.21. The second kappa shape index (κ2) is 7.58. The van der Waals surface area contributed by atoms with Gasteiger partial charge in [0.15, 0.2) is 0 Å². The normalized spacial score (nSPS) is 10.6. The molecule has 0 saturated heterocycles. The van der Waals surface area contributed by atoms with Crippen molar-refractivity contribution in [2.75, 3.05) is 10.6 Å². The van der Waals surface area contributed by atoms with Crippen molar-refractivity contribution in [1.29, 1.82) is 0 Å². The molecule has 3 aromatic rings. The first-order chi connectivity index (χ1) is 12.8. The standard InChI is InChI=1S/C22H24N4O/c1-13-8-16(4)20(17(5)9-13)26-21(27)18-11-23-22(24-12-18)25-19-7-6-14(2)15(3)10-19/h6-12H,1-5H3,(H,26,27)(H,23,24,25). The van der Waals surface area contributed by atoms with Crippen molar-refractivity contribution >= 4 is 23.2 Å². The van der Waals surface area contributed by atoms with E-state index in [1.165, 1.54) is 29.1 Å². The third-order valence-corrected chi connectivity index (χ3v) is 4.59. The molecule has 0 fully saturated rings. The van der Waals surface area contributed by atoms with E-state index in [-0.39, 0.29) is 5.91 Å². The summed E-state index contributed by atoms with van der Waals surface area (Å²) >= 11 is 0. The van der Waals surface area contributed by atoms with Crippen LogP contribution in [0.2, 0.25) is 0 Å². The smallest absolute Gasteiger partial charge is 0.258 e. The number of hydrogen-bond donors (Lipinski definition) is 2. The molecule has 1 amide bonds. The Morgan fingerprint density at radius 2 is 1.44 bits per heavy atom. The van der Waals surface area contributed by atoms with Crippen LogP contribution in [-0.4, -0.2) is 15.9 Å². The monoisotopic (exact) mass is 360 g/mol. The largest absolute Gasteiger partial charge is 0.324 e. The van der Waals surface area contributed by atoms with E-state index >= 15 is 0 Å². The van der Waals surface area contributed by atoms with Crippen molar-refractivity contribution in [2.24, 2.45) is 0 Å². The molecule has 0 aliphatic carbocycles. The zero-order valence-electron chi connectivity index (χ0n) is 16.3.